The van der Waals surface area contributed by atoms with E-state index in [4.69, 9.17) is 5.11 Å². The lowest BCUT2D eigenvalue weighted by Crippen LogP contribution is -2.02. The van der Waals surface area contributed by atoms with Crippen LogP contribution < -0.4 is 0 Å². The molecule has 0 bridgehead atoms. The van der Waals surface area contributed by atoms with Gasteiger partial charge in [-0.3, -0.25) is 14.8 Å². The SMILES string of the molecule is Cn1ncc([N+](=O)[O-])c1CCCO. The molecule has 0 aromatic carbocycles. The van der Waals surface area contributed by atoms with E-state index in [-0.39, 0.29) is 12.3 Å². The van der Waals surface area contributed by atoms with Crippen LogP contribution in [-0.4, -0.2) is 26.4 Å². The molecule has 6 heteroatoms. The van der Waals surface area contributed by atoms with Gasteiger partial charge in [0.05, 0.1) is 4.92 Å². The lowest BCUT2D eigenvalue weighted by Gasteiger charge is -1.98. The molecular weight excluding hydrogens is 174 g/mol. The van der Waals surface area contributed by atoms with E-state index < -0.39 is 4.92 Å². The highest BCUT2D eigenvalue weighted by molar-refractivity contribution is 5.32. The predicted molar refractivity (Wildman–Crippen MR) is 45.3 cm³/mol. The van der Waals surface area contributed by atoms with Crippen molar-refractivity contribution in [2.75, 3.05) is 6.61 Å². The summed E-state index contributed by atoms with van der Waals surface area (Å²) in [6, 6.07) is 0. The summed E-state index contributed by atoms with van der Waals surface area (Å²) < 4.78 is 1.47. The van der Waals surface area contributed by atoms with Crippen LogP contribution in [0.5, 0.6) is 0 Å². The summed E-state index contributed by atoms with van der Waals surface area (Å²) >= 11 is 0. The summed E-state index contributed by atoms with van der Waals surface area (Å²) in [4.78, 5) is 10.0. The summed E-state index contributed by atoms with van der Waals surface area (Å²) in [7, 11) is 1.65. The Morgan fingerprint density at radius 3 is 3.00 bits per heavy atom. The second-order valence-corrected chi connectivity index (χ2v) is 2.68. The zero-order valence-electron chi connectivity index (χ0n) is 7.30. The number of hydrogen-bond donors (Lipinski definition) is 1. The van der Waals surface area contributed by atoms with Gasteiger partial charge < -0.3 is 5.11 Å². The van der Waals surface area contributed by atoms with Crippen LogP contribution in [0.15, 0.2) is 6.20 Å². The third kappa shape index (κ3) is 2.03. The van der Waals surface area contributed by atoms with Gasteiger partial charge in [0.25, 0.3) is 0 Å². The number of aliphatic hydroxyl groups is 1. The first-order chi connectivity index (χ1) is 6.16. The molecule has 0 spiro atoms. The third-order valence-electron chi connectivity index (χ3n) is 1.81. The Morgan fingerprint density at radius 2 is 2.46 bits per heavy atom. The van der Waals surface area contributed by atoms with Gasteiger partial charge in [0, 0.05) is 13.7 Å². The van der Waals surface area contributed by atoms with E-state index in [1.165, 1.54) is 10.9 Å². The minimum absolute atomic E-state index is 0.0240. The first-order valence-corrected chi connectivity index (χ1v) is 3.93. The molecule has 1 aromatic rings. The van der Waals surface area contributed by atoms with Crippen molar-refractivity contribution in [3.05, 3.63) is 22.0 Å². The van der Waals surface area contributed by atoms with Crippen molar-refractivity contribution in [2.24, 2.45) is 7.05 Å². The van der Waals surface area contributed by atoms with Crippen molar-refractivity contribution in [1.29, 1.82) is 0 Å². The molecule has 0 saturated carbocycles. The van der Waals surface area contributed by atoms with E-state index in [1.54, 1.807) is 7.05 Å². The van der Waals surface area contributed by atoms with Crippen molar-refractivity contribution in [2.45, 2.75) is 12.8 Å². The van der Waals surface area contributed by atoms with Crippen molar-refractivity contribution >= 4 is 5.69 Å². The number of aliphatic hydroxyl groups excluding tert-OH is 1. The molecule has 0 aliphatic carbocycles. The van der Waals surface area contributed by atoms with Crippen molar-refractivity contribution in [3.8, 4) is 0 Å². The van der Waals surface area contributed by atoms with Gasteiger partial charge >= 0.3 is 5.69 Å². The monoisotopic (exact) mass is 185 g/mol. The lowest BCUT2D eigenvalue weighted by atomic mass is 10.2. The minimum Gasteiger partial charge on any atom is -0.396 e. The summed E-state index contributed by atoms with van der Waals surface area (Å²) in [6.07, 6.45) is 2.22. The Balaban J connectivity index is 2.88. The largest absolute Gasteiger partial charge is 0.396 e. The minimum atomic E-state index is -0.459. The zero-order chi connectivity index (χ0) is 9.84. The molecule has 1 aromatic heterocycles. The summed E-state index contributed by atoms with van der Waals surface area (Å²) in [5.74, 6) is 0. The van der Waals surface area contributed by atoms with E-state index >= 15 is 0 Å². The van der Waals surface area contributed by atoms with Crippen LogP contribution in [0.2, 0.25) is 0 Å². The average Bonchev–Trinajstić information content (AvgIpc) is 2.43. The highest BCUT2D eigenvalue weighted by Crippen LogP contribution is 2.17. The Hall–Kier alpha value is -1.43. The Labute approximate surface area is 74.9 Å². The quantitative estimate of drug-likeness (QED) is 0.538. The first-order valence-electron chi connectivity index (χ1n) is 3.93. The predicted octanol–water partition coefficient (Wildman–Crippen LogP) is 0.253. The Kier molecular flexibility index (Phi) is 2.97. The lowest BCUT2D eigenvalue weighted by molar-refractivity contribution is -0.385. The van der Waals surface area contributed by atoms with E-state index in [0.29, 0.717) is 18.5 Å². The van der Waals surface area contributed by atoms with Crippen LogP contribution in [0, 0.1) is 10.1 Å². The van der Waals surface area contributed by atoms with E-state index in [1.807, 2.05) is 0 Å². The van der Waals surface area contributed by atoms with Crippen molar-refractivity contribution < 1.29 is 10.0 Å². The maximum atomic E-state index is 10.5. The number of nitrogens with zero attached hydrogens (tertiary/aromatic N) is 3. The summed E-state index contributed by atoms with van der Waals surface area (Å²) in [5, 5.41) is 22.9. The second-order valence-electron chi connectivity index (χ2n) is 2.68. The molecule has 0 radical (unpaired) electrons. The van der Waals surface area contributed by atoms with Gasteiger partial charge in [0.1, 0.15) is 11.9 Å². The number of aromatic nitrogens is 2. The molecule has 0 atom stereocenters. The highest BCUT2D eigenvalue weighted by Gasteiger charge is 2.17. The number of nitro groups is 1. The molecule has 72 valence electrons. The Morgan fingerprint density at radius 1 is 1.77 bits per heavy atom. The van der Waals surface area contributed by atoms with Crippen LogP contribution in [-0.2, 0) is 13.5 Å². The molecule has 13 heavy (non-hydrogen) atoms. The standard InChI is InChI=1S/C7H11N3O3/c1-9-6(3-2-4-11)7(5-8-9)10(12)13/h5,11H,2-4H2,1H3. The van der Waals surface area contributed by atoms with Crippen LogP contribution in [0.3, 0.4) is 0 Å². The van der Waals surface area contributed by atoms with Crippen LogP contribution in [0.25, 0.3) is 0 Å². The van der Waals surface area contributed by atoms with E-state index in [0.717, 1.165) is 0 Å². The fourth-order valence-electron chi connectivity index (χ4n) is 1.14. The average molecular weight is 185 g/mol. The number of rotatable bonds is 4. The van der Waals surface area contributed by atoms with Gasteiger partial charge in [-0.05, 0) is 12.8 Å². The van der Waals surface area contributed by atoms with Crippen molar-refractivity contribution in [3.63, 3.8) is 0 Å². The molecule has 1 heterocycles. The zero-order valence-corrected chi connectivity index (χ0v) is 7.30. The fraction of sp³-hybridized carbons (Fsp3) is 0.571. The highest BCUT2D eigenvalue weighted by atomic mass is 16.6. The first kappa shape index (κ1) is 9.66. The maximum Gasteiger partial charge on any atom is 0.310 e. The summed E-state index contributed by atoms with van der Waals surface area (Å²) in [5.41, 5.74) is 0.579. The van der Waals surface area contributed by atoms with E-state index in [9.17, 15) is 10.1 Å². The molecule has 0 aliphatic rings. The van der Waals surface area contributed by atoms with Crippen LogP contribution >= 0.6 is 0 Å². The van der Waals surface area contributed by atoms with E-state index in [2.05, 4.69) is 5.10 Å². The van der Waals surface area contributed by atoms with Crippen molar-refractivity contribution in [1.82, 2.24) is 9.78 Å². The van der Waals surface area contributed by atoms with Gasteiger partial charge in [-0.2, -0.15) is 5.10 Å². The smallest absolute Gasteiger partial charge is 0.310 e. The molecule has 0 saturated heterocycles. The molecule has 0 aliphatic heterocycles. The van der Waals surface area contributed by atoms with Crippen LogP contribution in [0.1, 0.15) is 12.1 Å². The topological polar surface area (TPSA) is 81.2 Å². The molecular formula is C7H11N3O3. The third-order valence-corrected chi connectivity index (χ3v) is 1.81. The Bertz CT molecular complexity index is 308. The maximum absolute atomic E-state index is 10.5. The van der Waals surface area contributed by atoms with Gasteiger partial charge in [-0.15, -0.1) is 0 Å². The molecule has 1 rings (SSSR count). The fourth-order valence-corrected chi connectivity index (χ4v) is 1.14. The number of aryl methyl sites for hydroxylation is 1. The van der Waals surface area contributed by atoms with Gasteiger partial charge in [0.2, 0.25) is 0 Å². The molecule has 0 fully saturated rings. The second kappa shape index (κ2) is 3.99. The normalized spacial score (nSPS) is 10.3. The van der Waals surface area contributed by atoms with Crippen LogP contribution in [0.4, 0.5) is 5.69 Å². The molecule has 6 nitrogen and oxygen atoms in total. The molecule has 1 N–H and O–H groups in total. The molecule has 0 amide bonds. The van der Waals surface area contributed by atoms with Gasteiger partial charge in [-0.25, -0.2) is 0 Å². The van der Waals surface area contributed by atoms with Gasteiger partial charge in [0.15, 0.2) is 0 Å². The molecule has 0 unspecified atom stereocenters. The van der Waals surface area contributed by atoms with Gasteiger partial charge in [-0.1, -0.05) is 0 Å². The number of hydrogen-bond acceptors (Lipinski definition) is 4. The summed E-state index contributed by atoms with van der Waals surface area (Å²) in [6.45, 7) is 0.0301.